The number of hydrogen-bond acceptors (Lipinski definition) is 3. The van der Waals surface area contributed by atoms with E-state index in [9.17, 15) is 19.5 Å². The molecule has 5 heteroatoms. The van der Waals surface area contributed by atoms with Crippen molar-refractivity contribution in [2.45, 2.75) is 141 Å². The standard InChI is InChI=1S/C16H27O4.10CH4.CH3.Y/c1-7-8-15(5,13(4)18)10-16(6,14(19)20)9-11(2)12(3)17;;;;;;;;;;;;/h7-10H2,1-6H3,(H,19,20);10*1H4;1H3;/q-1;;;;;;;;;;;-1;. The summed E-state index contributed by atoms with van der Waals surface area (Å²) in [5.74, 6) is -0.510. The van der Waals surface area contributed by atoms with E-state index >= 15 is 0 Å². The van der Waals surface area contributed by atoms with E-state index in [0.717, 1.165) is 6.42 Å². The summed E-state index contributed by atoms with van der Waals surface area (Å²) < 4.78 is 0. The first kappa shape index (κ1) is 85.4. The van der Waals surface area contributed by atoms with E-state index in [4.69, 9.17) is 0 Å². The zero-order valence-corrected chi connectivity index (χ0v) is 17.9. The van der Waals surface area contributed by atoms with Gasteiger partial charge in [0.05, 0.1) is 0 Å². The third kappa shape index (κ3) is 26.0. The Balaban J connectivity index is -0.0000000273. The Hall–Kier alpha value is -0.216. The fourth-order valence-corrected chi connectivity index (χ4v) is 2.73. The van der Waals surface area contributed by atoms with Gasteiger partial charge in [-0.05, 0) is 32.5 Å². The molecule has 2 unspecified atom stereocenters. The van der Waals surface area contributed by atoms with Crippen LogP contribution in [0.25, 0.3) is 0 Å². The van der Waals surface area contributed by atoms with Gasteiger partial charge in [-0.25, -0.2) is 0 Å². The smallest absolute Gasteiger partial charge is 0.306 e. The van der Waals surface area contributed by atoms with Crippen molar-refractivity contribution in [2.24, 2.45) is 10.8 Å². The Morgan fingerprint density at radius 1 is 0.781 bits per heavy atom. The summed E-state index contributed by atoms with van der Waals surface area (Å²) >= 11 is 0. The minimum Gasteiger partial charge on any atom is -0.481 e. The molecule has 1 N–H and O–H groups in total. The minimum absolute atomic E-state index is 0. The van der Waals surface area contributed by atoms with E-state index in [1.54, 1.807) is 13.8 Å². The van der Waals surface area contributed by atoms with Crippen molar-refractivity contribution in [1.29, 1.82) is 0 Å². The fourth-order valence-electron chi connectivity index (χ4n) is 2.73. The van der Waals surface area contributed by atoms with Gasteiger partial charge < -0.3 is 23.2 Å². The molecule has 0 aliphatic rings. The second-order valence-corrected chi connectivity index (χ2v) is 6.42. The van der Waals surface area contributed by atoms with Crippen LogP contribution in [-0.4, -0.2) is 22.6 Å². The van der Waals surface area contributed by atoms with Gasteiger partial charge in [0.25, 0.3) is 0 Å². The Bertz CT molecular complexity index is 397. The first-order chi connectivity index (χ1) is 8.98. The Labute approximate surface area is 234 Å². The van der Waals surface area contributed by atoms with Crippen molar-refractivity contribution in [2.75, 3.05) is 0 Å². The van der Waals surface area contributed by atoms with Crippen molar-refractivity contribution >= 4 is 17.5 Å². The van der Waals surface area contributed by atoms with E-state index in [0.29, 0.717) is 12.3 Å². The molecule has 32 heavy (non-hydrogen) atoms. The average Bonchev–Trinajstić information content (AvgIpc) is 2.28. The molecule has 0 bridgehead atoms. The Kier molecular flexibility index (Phi) is 94.4. The Morgan fingerprint density at radius 2 is 1.09 bits per heavy atom. The molecule has 0 aromatic heterocycles. The van der Waals surface area contributed by atoms with Gasteiger partial charge in [0.15, 0.2) is 0 Å². The summed E-state index contributed by atoms with van der Waals surface area (Å²) in [6, 6.07) is 0. The maximum atomic E-state index is 11.9. The van der Waals surface area contributed by atoms with Gasteiger partial charge in [-0.3, -0.25) is 9.59 Å². The molecule has 0 rings (SSSR count). The maximum Gasteiger partial charge on any atom is 0.306 e. The second kappa shape index (κ2) is 35.4. The summed E-state index contributed by atoms with van der Waals surface area (Å²) in [5.41, 5.74) is -1.75. The van der Waals surface area contributed by atoms with E-state index in [-0.39, 0.29) is 139 Å². The van der Waals surface area contributed by atoms with Crippen LogP contribution in [0.1, 0.15) is 141 Å². The summed E-state index contributed by atoms with van der Waals surface area (Å²) in [7, 11) is 0. The number of carbonyl (C=O) groups excluding carboxylic acids is 2. The SMILES string of the molecule is C.C.C.C.C.C.C.C.C.C.CCCC(C)(CC(C)(C[C-](C)C(C)=O)C(=O)O)C(C)=O.[CH3-].[Y]. The number of rotatable bonds is 9. The zero-order valence-electron chi connectivity index (χ0n) is 15.1. The van der Waals surface area contributed by atoms with Gasteiger partial charge in [-0.2, -0.15) is 6.92 Å². The van der Waals surface area contributed by atoms with Crippen LogP contribution in [-0.2, 0) is 47.1 Å². The van der Waals surface area contributed by atoms with Gasteiger partial charge in [0, 0.05) is 43.5 Å². The van der Waals surface area contributed by atoms with Crippen molar-refractivity contribution in [3.05, 3.63) is 13.3 Å². The van der Waals surface area contributed by atoms with Crippen molar-refractivity contribution in [3.63, 3.8) is 0 Å². The minimum atomic E-state index is -1.09. The van der Waals surface area contributed by atoms with E-state index in [1.807, 2.05) is 13.8 Å². The van der Waals surface area contributed by atoms with Gasteiger partial charge in [0.2, 0.25) is 0 Å². The average molecular weight is 548 g/mol. The normalized spacial score (nSPS) is 10.6. The quantitative estimate of drug-likeness (QED) is 0.291. The van der Waals surface area contributed by atoms with Crippen molar-refractivity contribution in [3.8, 4) is 0 Å². The molecule has 2 atom stereocenters. The van der Waals surface area contributed by atoms with Crippen LogP contribution in [0.4, 0.5) is 0 Å². The van der Waals surface area contributed by atoms with Gasteiger partial charge in [-0.1, -0.05) is 101 Å². The number of carboxylic acids is 1. The van der Waals surface area contributed by atoms with Crippen LogP contribution in [0.2, 0.25) is 0 Å². The van der Waals surface area contributed by atoms with Crippen LogP contribution in [0, 0.1) is 24.2 Å². The first-order valence-corrected chi connectivity index (χ1v) is 7.06. The Morgan fingerprint density at radius 3 is 1.28 bits per heavy atom. The summed E-state index contributed by atoms with van der Waals surface area (Å²) in [6.45, 7) is 10.0. The molecule has 0 aromatic carbocycles. The molecule has 207 valence electrons. The number of hydrogen-bond donors (Lipinski definition) is 1. The van der Waals surface area contributed by atoms with Crippen LogP contribution >= 0.6 is 0 Å². The molecule has 0 saturated heterocycles. The molecule has 0 fully saturated rings. The number of carboxylic acid groups (broad SMARTS) is 1. The van der Waals surface area contributed by atoms with Gasteiger partial charge in [0.1, 0.15) is 5.78 Å². The number of Topliss-reactive ketones (excluding diaryl/α,β-unsaturated/α-hetero) is 2. The fraction of sp³-hybridized carbons (Fsp3) is 0.815. The predicted octanol–water partition coefficient (Wildman–Crippen LogP) is 10.2. The summed E-state index contributed by atoms with van der Waals surface area (Å²) in [4.78, 5) is 34.9. The number of aliphatic carboxylic acids is 1. The molecular formula is C27H70O4Y-2. The van der Waals surface area contributed by atoms with Crippen LogP contribution < -0.4 is 0 Å². The third-order valence-corrected chi connectivity index (χ3v) is 4.20. The van der Waals surface area contributed by atoms with E-state index < -0.39 is 16.8 Å². The first-order valence-electron chi connectivity index (χ1n) is 7.06. The van der Waals surface area contributed by atoms with E-state index in [1.165, 1.54) is 13.8 Å². The van der Waals surface area contributed by atoms with E-state index in [2.05, 4.69) is 0 Å². The van der Waals surface area contributed by atoms with Gasteiger partial charge >= 0.3 is 5.97 Å². The maximum absolute atomic E-state index is 11.9. The zero-order chi connectivity index (χ0) is 16.1. The van der Waals surface area contributed by atoms with Crippen LogP contribution in [0.5, 0.6) is 0 Å². The summed E-state index contributed by atoms with van der Waals surface area (Å²) in [5, 5.41) is 9.54. The molecule has 0 aliphatic carbocycles. The van der Waals surface area contributed by atoms with Crippen molar-refractivity contribution < 1.29 is 52.2 Å². The topological polar surface area (TPSA) is 71.4 Å². The molecule has 0 spiro atoms. The molecule has 0 amide bonds. The third-order valence-electron chi connectivity index (χ3n) is 4.20. The number of carbonyl (C=O) groups is 3. The largest absolute Gasteiger partial charge is 0.481 e. The summed E-state index contributed by atoms with van der Waals surface area (Å²) in [6.07, 6.45) is 1.92. The molecule has 0 aromatic rings. The second-order valence-electron chi connectivity index (χ2n) is 6.42. The van der Waals surface area contributed by atoms with Crippen LogP contribution in [0.3, 0.4) is 0 Å². The molecule has 0 aliphatic heterocycles. The van der Waals surface area contributed by atoms with Crippen LogP contribution in [0.15, 0.2) is 0 Å². The molecule has 1 radical (unpaired) electrons. The number of ketones is 2. The van der Waals surface area contributed by atoms with Gasteiger partial charge in [-0.15, -0.1) is 6.42 Å². The predicted molar refractivity (Wildman–Crippen MR) is 152 cm³/mol. The molecule has 0 saturated carbocycles. The molecule has 0 heterocycles. The van der Waals surface area contributed by atoms with Crippen molar-refractivity contribution in [1.82, 2.24) is 0 Å². The molecular weight excluding hydrogens is 477 g/mol. The monoisotopic (exact) mass is 547 g/mol. The molecule has 4 nitrogen and oxygen atoms in total.